The summed E-state index contributed by atoms with van der Waals surface area (Å²) >= 11 is 0. The number of methoxy groups -OCH3 is 1. The minimum Gasteiger partial charge on any atom is -0.438 e. The van der Waals surface area contributed by atoms with E-state index in [-0.39, 0.29) is 19.1 Å². The molecule has 1 amide bonds. The summed E-state index contributed by atoms with van der Waals surface area (Å²) in [6.45, 7) is 0.687. The van der Waals surface area contributed by atoms with Gasteiger partial charge in [-0.1, -0.05) is 84.9 Å². The Morgan fingerprint density at radius 1 is 0.895 bits per heavy atom. The van der Waals surface area contributed by atoms with E-state index in [1.54, 1.807) is 23.2 Å². The summed E-state index contributed by atoms with van der Waals surface area (Å²) in [6, 6.07) is 28.9. The summed E-state index contributed by atoms with van der Waals surface area (Å²) in [5.74, 6) is 0.673. The average molecular weight is 509 g/mol. The molecule has 0 aliphatic heterocycles. The molecule has 4 rings (SSSR count). The lowest BCUT2D eigenvalue weighted by molar-refractivity contribution is 0.0756. The molecule has 0 spiro atoms. The van der Waals surface area contributed by atoms with Crippen LogP contribution < -0.4 is 5.32 Å². The van der Waals surface area contributed by atoms with Crippen LogP contribution in [-0.4, -0.2) is 47.2 Å². The average Bonchev–Trinajstić information content (AvgIpc) is 2.97. The van der Waals surface area contributed by atoms with Crippen molar-refractivity contribution in [3.8, 4) is 11.4 Å². The van der Waals surface area contributed by atoms with E-state index in [1.165, 1.54) is 7.11 Å². The molecule has 0 fully saturated rings. The Morgan fingerprint density at radius 3 is 2.24 bits per heavy atom. The van der Waals surface area contributed by atoms with Gasteiger partial charge >= 0.3 is 6.16 Å². The Kier molecular flexibility index (Phi) is 9.18. The molecule has 192 valence electrons. The van der Waals surface area contributed by atoms with Gasteiger partial charge in [-0.2, -0.15) is 0 Å². The van der Waals surface area contributed by atoms with Crippen LogP contribution in [0.2, 0.25) is 0 Å². The van der Waals surface area contributed by atoms with Gasteiger partial charge < -0.3 is 19.7 Å². The highest BCUT2D eigenvalue weighted by atomic mass is 16.7. The number of ether oxygens (including phenoxy) is 2. The first kappa shape index (κ1) is 26.1. The van der Waals surface area contributed by atoms with Gasteiger partial charge in [0.1, 0.15) is 18.0 Å². The quantitative estimate of drug-likeness (QED) is 0.212. The molecule has 0 bridgehead atoms. The lowest BCUT2D eigenvalue weighted by Gasteiger charge is -2.23. The van der Waals surface area contributed by atoms with Crippen molar-refractivity contribution in [1.29, 1.82) is 0 Å². The van der Waals surface area contributed by atoms with Crippen LogP contribution in [0.5, 0.6) is 0 Å². The van der Waals surface area contributed by atoms with E-state index in [0.29, 0.717) is 23.8 Å². The fraction of sp³-hybridized carbons (Fsp3) is 0.133. The minimum absolute atomic E-state index is 0.0374. The normalized spacial score (nSPS) is 10.7. The SMILES string of the molecule is COC(=O)OC/C=C/CN(Cc1ccccc1)C(=O)c1cnc(-c2ccccc2)nc1Nc1ccccc1. The van der Waals surface area contributed by atoms with Crippen molar-refractivity contribution < 1.29 is 19.1 Å². The smallest absolute Gasteiger partial charge is 0.438 e. The van der Waals surface area contributed by atoms with Crippen LogP contribution >= 0.6 is 0 Å². The van der Waals surface area contributed by atoms with Crippen LogP contribution in [0.1, 0.15) is 15.9 Å². The third-order valence-electron chi connectivity index (χ3n) is 5.55. The van der Waals surface area contributed by atoms with Crippen LogP contribution in [0, 0.1) is 0 Å². The number of hydrogen-bond donors (Lipinski definition) is 1. The largest absolute Gasteiger partial charge is 0.508 e. The number of benzene rings is 3. The molecule has 8 heteroatoms. The fourth-order valence-electron chi connectivity index (χ4n) is 3.66. The third kappa shape index (κ3) is 7.27. The molecule has 1 aromatic heterocycles. The molecule has 0 unspecified atom stereocenters. The highest BCUT2D eigenvalue weighted by molar-refractivity contribution is 5.99. The number of nitrogens with zero attached hydrogens (tertiary/aromatic N) is 3. The van der Waals surface area contributed by atoms with Crippen molar-refractivity contribution in [3.63, 3.8) is 0 Å². The number of nitrogens with one attached hydrogen (secondary N) is 1. The molecule has 38 heavy (non-hydrogen) atoms. The number of carbonyl (C=O) groups excluding carboxylic acids is 2. The Balaban J connectivity index is 1.64. The summed E-state index contributed by atoms with van der Waals surface area (Å²) < 4.78 is 9.37. The molecule has 1 N–H and O–H groups in total. The molecule has 0 aliphatic carbocycles. The highest BCUT2D eigenvalue weighted by Crippen LogP contribution is 2.24. The van der Waals surface area contributed by atoms with Gasteiger partial charge in [-0.15, -0.1) is 0 Å². The number of para-hydroxylation sites is 1. The van der Waals surface area contributed by atoms with Gasteiger partial charge in [-0.3, -0.25) is 4.79 Å². The predicted molar refractivity (Wildman–Crippen MR) is 146 cm³/mol. The van der Waals surface area contributed by atoms with Crippen LogP contribution in [0.25, 0.3) is 11.4 Å². The van der Waals surface area contributed by atoms with E-state index >= 15 is 0 Å². The van der Waals surface area contributed by atoms with Gasteiger partial charge in [-0.25, -0.2) is 14.8 Å². The van der Waals surface area contributed by atoms with Crippen LogP contribution in [0.15, 0.2) is 109 Å². The van der Waals surface area contributed by atoms with E-state index in [1.807, 2.05) is 91.0 Å². The second kappa shape index (κ2) is 13.4. The van der Waals surface area contributed by atoms with Crippen molar-refractivity contribution in [1.82, 2.24) is 14.9 Å². The monoisotopic (exact) mass is 508 g/mol. The summed E-state index contributed by atoms with van der Waals surface area (Å²) in [4.78, 5) is 36.0. The summed E-state index contributed by atoms with van der Waals surface area (Å²) in [6.07, 6.45) is 4.23. The zero-order valence-electron chi connectivity index (χ0n) is 21.0. The summed E-state index contributed by atoms with van der Waals surface area (Å²) in [5.41, 5.74) is 2.95. The molecule has 0 radical (unpaired) electrons. The van der Waals surface area contributed by atoms with E-state index in [4.69, 9.17) is 9.72 Å². The molecule has 0 saturated carbocycles. The first-order chi connectivity index (χ1) is 18.6. The molecule has 4 aromatic rings. The molecule has 0 saturated heterocycles. The first-order valence-electron chi connectivity index (χ1n) is 12.1. The van der Waals surface area contributed by atoms with Gasteiger partial charge in [0.2, 0.25) is 0 Å². The number of hydrogen-bond acceptors (Lipinski definition) is 7. The standard InChI is InChI=1S/C30H28N4O4/c1-37-30(36)38-20-12-11-19-34(22-23-13-5-2-6-14-23)29(35)26-21-31-27(24-15-7-3-8-16-24)33-28(26)32-25-17-9-4-10-18-25/h2-18,21H,19-20,22H2,1H3,(H,31,32,33)/b12-11+. The fourth-order valence-corrected chi connectivity index (χ4v) is 3.66. The van der Waals surface area contributed by atoms with Crippen molar-refractivity contribution in [2.75, 3.05) is 25.6 Å². The Bertz CT molecular complexity index is 1360. The van der Waals surface area contributed by atoms with E-state index in [9.17, 15) is 9.59 Å². The number of rotatable bonds is 10. The van der Waals surface area contributed by atoms with Crippen LogP contribution in [0.3, 0.4) is 0 Å². The predicted octanol–water partition coefficient (Wildman–Crippen LogP) is 5.87. The molecule has 0 atom stereocenters. The Hall–Kier alpha value is -4.98. The molecule has 1 heterocycles. The van der Waals surface area contributed by atoms with E-state index in [2.05, 4.69) is 15.0 Å². The zero-order chi connectivity index (χ0) is 26.6. The molecule has 0 aliphatic rings. The number of amides is 1. The summed E-state index contributed by atoms with van der Waals surface area (Å²) in [7, 11) is 1.25. The molecular weight excluding hydrogens is 480 g/mol. The van der Waals surface area contributed by atoms with Gasteiger partial charge in [-0.05, 0) is 23.8 Å². The highest BCUT2D eigenvalue weighted by Gasteiger charge is 2.21. The van der Waals surface area contributed by atoms with Crippen molar-refractivity contribution in [2.45, 2.75) is 6.54 Å². The topological polar surface area (TPSA) is 93.7 Å². The van der Waals surface area contributed by atoms with Gasteiger partial charge in [0, 0.05) is 30.5 Å². The van der Waals surface area contributed by atoms with Crippen molar-refractivity contribution in [2.24, 2.45) is 0 Å². The van der Waals surface area contributed by atoms with E-state index in [0.717, 1.165) is 16.8 Å². The number of aromatic nitrogens is 2. The molecule has 8 nitrogen and oxygen atoms in total. The lowest BCUT2D eigenvalue weighted by atomic mass is 10.1. The second-order valence-corrected chi connectivity index (χ2v) is 8.22. The maximum absolute atomic E-state index is 13.9. The van der Waals surface area contributed by atoms with Gasteiger partial charge in [0.15, 0.2) is 5.82 Å². The molecule has 3 aromatic carbocycles. The summed E-state index contributed by atoms with van der Waals surface area (Å²) in [5, 5.41) is 3.29. The Labute approximate surface area is 221 Å². The molecular formula is C30H28N4O4. The van der Waals surface area contributed by atoms with E-state index < -0.39 is 6.16 Å². The van der Waals surface area contributed by atoms with Gasteiger partial charge in [0.25, 0.3) is 5.91 Å². The third-order valence-corrected chi connectivity index (χ3v) is 5.55. The van der Waals surface area contributed by atoms with Gasteiger partial charge in [0.05, 0.1) is 7.11 Å². The Morgan fingerprint density at radius 2 is 1.55 bits per heavy atom. The lowest BCUT2D eigenvalue weighted by Crippen LogP contribution is -2.31. The first-order valence-corrected chi connectivity index (χ1v) is 12.1. The van der Waals surface area contributed by atoms with Crippen LogP contribution in [-0.2, 0) is 16.0 Å². The minimum atomic E-state index is -0.765. The maximum Gasteiger partial charge on any atom is 0.508 e. The number of carbonyl (C=O) groups is 2. The van der Waals surface area contributed by atoms with Crippen molar-refractivity contribution >= 4 is 23.6 Å². The second-order valence-electron chi connectivity index (χ2n) is 8.22. The zero-order valence-corrected chi connectivity index (χ0v) is 21.0. The maximum atomic E-state index is 13.9. The van der Waals surface area contributed by atoms with Crippen LogP contribution in [0.4, 0.5) is 16.3 Å². The van der Waals surface area contributed by atoms with Crippen molar-refractivity contribution in [3.05, 3.63) is 120 Å². The number of anilines is 2.